The minimum Gasteiger partial charge on any atom is -0.376 e. The van der Waals surface area contributed by atoms with Crippen LogP contribution in [0.15, 0.2) is 41.3 Å². The minimum atomic E-state index is -3.55. The predicted octanol–water partition coefficient (Wildman–Crippen LogP) is 3.60. The Labute approximate surface area is 163 Å². The lowest BCUT2D eigenvalue weighted by Gasteiger charge is -2.15. The van der Waals surface area contributed by atoms with Crippen molar-refractivity contribution in [2.24, 2.45) is 0 Å². The molecular weight excluding hydrogens is 397 g/mol. The number of sulfonamides is 1. The van der Waals surface area contributed by atoms with Gasteiger partial charge in [0.2, 0.25) is 15.9 Å². The summed E-state index contributed by atoms with van der Waals surface area (Å²) in [5.74, 6) is -0.338. The van der Waals surface area contributed by atoms with E-state index < -0.39 is 10.0 Å². The predicted molar refractivity (Wildman–Crippen MR) is 106 cm³/mol. The van der Waals surface area contributed by atoms with E-state index in [0.29, 0.717) is 21.4 Å². The molecular formula is C17H19Cl2N3O3S. The lowest BCUT2D eigenvalue weighted by molar-refractivity contribution is -0.114. The Morgan fingerprint density at radius 3 is 2.42 bits per heavy atom. The number of amides is 1. The third kappa shape index (κ3) is 4.88. The Morgan fingerprint density at radius 1 is 1.08 bits per heavy atom. The van der Waals surface area contributed by atoms with Gasteiger partial charge in [-0.05, 0) is 42.8 Å². The van der Waals surface area contributed by atoms with Gasteiger partial charge in [-0.2, -0.15) is 0 Å². The van der Waals surface area contributed by atoms with E-state index in [9.17, 15) is 13.2 Å². The number of carbonyl (C=O) groups excluding carboxylic acids is 1. The van der Waals surface area contributed by atoms with Crippen molar-refractivity contribution in [1.82, 2.24) is 4.31 Å². The van der Waals surface area contributed by atoms with Crippen LogP contribution in [-0.2, 0) is 14.8 Å². The van der Waals surface area contributed by atoms with E-state index in [-0.39, 0.29) is 17.3 Å². The first kappa shape index (κ1) is 20.5. The molecule has 0 aromatic heterocycles. The SMILES string of the molecule is Cc1ccc(S(=O)(=O)N(C)C)cc1NCC(=O)Nc1cc(Cl)ccc1Cl. The van der Waals surface area contributed by atoms with Crippen molar-refractivity contribution in [2.45, 2.75) is 11.8 Å². The number of aryl methyl sites for hydroxylation is 1. The number of rotatable bonds is 6. The Morgan fingerprint density at radius 2 is 1.77 bits per heavy atom. The zero-order chi connectivity index (χ0) is 19.5. The van der Waals surface area contributed by atoms with Crippen LogP contribution in [-0.4, -0.2) is 39.3 Å². The Hall–Kier alpha value is -1.80. The summed E-state index contributed by atoms with van der Waals surface area (Å²) < 4.78 is 25.6. The van der Waals surface area contributed by atoms with Crippen LogP contribution >= 0.6 is 23.2 Å². The second kappa shape index (κ2) is 8.26. The maximum atomic E-state index is 12.2. The van der Waals surface area contributed by atoms with E-state index in [1.807, 2.05) is 6.92 Å². The van der Waals surface area contributed by atoms with Crippen molar-refractivity contribution in [3.63, 3.8) is 0 Å². The highest BCUT2D eigenvalue weighted by Gasteiger charge is 2.18. The van der Waals surface area contributed by atoms with Crippen molar-refractivity contribution in [1.29, 1.82) is 0 Å². The second-order valence-corrected chi connectivity index (χ2v) is 8.79. The summed E-state index contributed by atoms with van der Waals surface area (Å²) >= 11 is 11.9. The van der Waals surface area contributed by atoms with Crippen LogP contribution in [0.5, 0.6) is 0 Å². The highest BCUT2D eigenvalue weighted by atomic mass is 35.5. The van der Waals surface area contributed by atoms with Crippen molar-refractivity contribution in [3.8, 4) is 0 Å². The van der Waals surface area contributed by atoms with Gasteiger partial charge < -0.3 is 10.6 Å². The molecule has 0 bridgehead atoms. The van der Waals surface area contributed by atoms with Crippen molar-refractivity contribution < 1.29 is 13.2 Å². The highest BCUT2D eigenvalue weighted by molar-refractivity contribution is 7.89. The Kier molecular flexibility index (Phi) is 6.52. The van der Waals surface area contributed by atoms with Gasteiger partial charge in [0, 0.05) is 24.8 Å². The van der Waals surface area contributed by atoms with Crippen LogP contribution in [0.3, 0.4) is 0 Å². The molecule has 26 heavy (non-hydrogen) atoms. The van der Waals surface area contributed by atoms with Gasteiger partial charge in [-0.3, -0.25) is 4.79 Å². The van der Waals surface area contributed by atoms with Crippen molar-refractivity contribution in [3.05, 3.63) is 52.0 Å². The van der Waals surface area contributed by atoms with Gasteiger partial charge in [-0.1, -0.05) is 29.3 Å². The third-order valence-electron chi connectivity index (χ3n) is 3.63. The molecule has 6 nitrogen and oxygen atoms in total. The molecule has 2 aromatic carbocycles. The molecule has 0 saturated heterocycles. The average Bonchev–Trinajstić information content (AvgIpc) is 2.57. The summed E-state index contributed by atoms with van der Waals surface area (Å²) in [5, 5.41) is 6.43. The number of benzene rings is 2. The van der Waals surface area contributed by atoms with Crippen molar-refractivity contribution >= 4 is 50.5 Å². The fourth-order valence-electron chi connectivity index (χ4n) is 2.13. The van der Waals surface area contributed by atoms with Crippen molar-refractivity contribution in [2.75, 3.05) is 31.3 Å². The van der Waals surface area contributed by atoms with Crippen LogP contribution in [0.4, 0.5) is 11.4 Å². The Balaban J connectivity index is 2.11. The largest absolute Gasteiger partial charge is 0.376 e. The molecule has 2 N–H and O–H groups in total. The molecule has 0 saturated carbocycles. The smallest absolute Gasteiger partial charge is 0.243 e. The van der Waals surface area contributed by atoms with Gasteiger partial charge in [-0.25, -0.2) is 12.7 Å². The molecule has 0 unspecified atom stereocenters. The van der Waals surface area contributed by atoms with E-state index in [2.05, 4.69) is 10.6 Å². The molecule has 0 heterocycles. The normalized spacial score (nSPS) is 11.5. The fourth-order valence-corrected chi connectivity index (χ4v) is 3.39. The second-order valence-electron chi connectivity index (χ2n) is 5.79. The van der Waals surface area contributed by atoms with Crippen LogP contribution in [0, 0.1) is 6.92 Å². The molecule has 0 fully saturated rings. The van der Waals surface area contributed by atoms with Crippen LogP contribution in [0.25, 0.3) is 0 Å². The van der Waals surface area contributed by atoms with Gasteiger partial charge >= 0.3 is 0 Å². The molecule has 1 amide bonds. The third-order valence-corrected chi connectivity index (χ3v) is 6.01. The average molecular weight is 416 g/mol. The molecule has 0 aliphatic carbocycles. The minimum absolute atomic E-state index is 0.0604. The molecule has 0 spiro atoms. The quantitative estimate of drug-likeness (QED) is 0.754. The molecule has 9 heteroatoms. The van der Waals surface area contributed by atoms with Gasteiger partial charge in [-0.15, -0.1) is 0 Å². The number of hydrogen-bond acceptors (Lipinski definition) is 4. The molecule has 2 aromatic rings. The van der Waals surface area contributed by atoms with Gasteiger partial charge in [0.25, 0.3) is 0 Å². The lowest BCUT2D eigenvalue weighted by Crippen LogP contribution is -2.24. The number of nitrogens with zero attached hydrogens (tertiary/aromatic N) is 1. The molecule has 2 rings (SSSR count). The monoisotopic (exact) mass is 415 g/mol. The van der Waals surface area contributed by atoms with E-state index in [1.54, 1.807) is 24.3 Å². The first-order valence-electron chi connectivity index (χ1n) is 7.63. The summed E-state index contributed by atoms with van der Waals surface area (Å²) in [6.07, 6.45) is 0. The Bertz CT molecular complexity index is 931. The summed E-state index contributed by atoms with van der Waals surface area (Å²) in [6, 6.07) is 9.48. The van der Waals surface area contributed by atoms with E-state index >= 15 is 0 Å². The zero-order valence-electron chi connectivity index (χ0n) is 14.5. The van der Waals surface area contributed by atoms with Crippen LogP contribution in [0.1, 0.15) is 5.56 Å². The lowest BCUT2D eigenvalue weighted by atomic mass is 10.2. The van der Waals surface area contributed by atoms with E-state index in [0.717, 1.165) is 9.87 Å². The van der Waals surface area contributed by atoms with Crippen LogP contribution in [0.2, 0.25) is 10.0 Å². The van der Waals surface area contributed by atoms with E-state index in [4.69, 9.17) is 23.2 Å². The molecule has 0 aliphatic heterocycles. The standard InChI is InChI=1S/C17H19Cl2N3O3S/c1-11-4-6-13(26(24,25)22(2)3)9-15(11)20-10-17(23)21-16-8-12(18)5-7-14(16)19/h4-9,20H,10H2,1-3H3,(H,21,23). The number of hydrogen-bond donors (Lipinski definition) is 2. The molecule has 140 valence electrons. The van der Waals surface area contributed by atoms with E-state index in [1.165, 1.54) is 26.2 Å². The summed E-state index contributed by atoms with van der Waals surface area (Å²) in [6.45, 7) is 1.76. The topological polar surface area (TPSA) is 78.5 Å². The maximum absolute atomic E-state index is 12.2. The number of halogens is 2. The zero-order valence-corrected chi connectivity index (χ0v) is 16.8. The summed E-state index contributed by atoms with van der Waals surface area (Å²) in [7, 11) is -0.627. The summed E-state index contributed by atoms with van der Waals surface area (Å²) in [5.41, 5.74) is 1.78. The number of anilines is 2. The summed E-state index contributed by atoms with van der Waals surface area (Å²) in [4.78, 5) is 12.3. The first-order chi connectivity index (χ1) is 12.1. The highest BCUT2D eigenvalue weighted by Crippen LogP contribution is 2.25. The van der Waals surface area contributed by atoms with Gasteiger partial charge in [0.15, 0.2) is 0 Å². The van der Waals surface area contributed by atoms with Gasteiger partial charge in [0.1, 0.15) is 0 Å². The van der Waals surface area contributed by atoms with Crippen LogP contribution < -0.4 is 10.6 Å². The van der Waals surface area contributed by atoms with Gasteiger partial charge in [0.05, 0.1) is 22.2 Å². The molecule has 0 aliphatic rings. The number of nitrogens with one attached hydrogen (secondary N) is 2. The first-order valence-corrected chi connectivity index (χ1v) is 9.83. The molecule has 0 radical (unpaired) electrons. The maximum Gasteiger partial charge on any atom is 0.243 e. The molecule has 0 atom stereocenters. The fraction of sp³-hybridized carbons (Fsp3) is 0.235. The number of carbonyl (C=O) groups is 1.